The Morgan fingerprint density at radius 3 is 2.70 bits per heavy atom. The van der Waals surface area contributed by atoms with Crippen LogP contribution in [-0.4, -0.2) is 59.3 Å². The molecule has 0 radical (unpaired) electrons. The van der Waals surface area contributed by atoms with E-state index in [1.54, 1.807) is 11.8 Å². The maximum atomic E-state index is 12.3. The van der Waals surface area contributed by atoms with Crippen LogP contribution in [0.15, 0.2) is 0 Å². The second-order valence-electron chi connectivity index (χ2n) is 5.12. The molecule has 2 N–H and O–H groups in total. The fraction of sp³-hybridized carbons (Fsp3) is 0.769. The molecule has 2 saturated heterocycles. The largest absolute Gasteiger partial charge is 0.321 e. The van der Waals surface area contributed by atoms with Crippen LogP contribution in [0.25, 0.3) is 0 Å². The van der Waals surface area contributed by atoms with E-state index in [1.807, 2.05) is 6.92 Å². The van der Waals surface area contributed by atoms with Crippen molar-refractivity contribution in [2.75, 3.05) is 25.4 Å². The van der Waals surface area contributed by atoms with Crippen LogP contribution < -0.4 is 10.6 Å². The van der Waals surface area contributed by atoms with E-state index in [0.29, 0.717) is 17.4 Å². The molecule has 7 heteroatoms. The second kappa shape index (κ2) is 7.08. The summed E-state index contributed by atoms with van der Waals surface area (Å²) in [6, 6.07) is -0.506. The van der Waals surface area contributed by atoms with Crippen LogP contribution in [0.2, 0.25) is 0 Å². The Bertz CT molecular complexity index is 396. The maximum absolute atomic E-state index is 12.3. The summed E-state index contributed by atoms with van der Waals surface area (Å²) in [5.41, 5.74) is 0. The van der Waals surface area contributed by atoms with E-state index in [9.17, 15) is 14.4 Å². The van der Waals surface area contributed by atoms with Crippen molar-refractivity contribution in [1.82, 2.24) is 15.5 Å². The number of hydrogen-bond acceptors (Lipinski definition) is 5. The van der Waals surface area contributed by atoms with Crippen molar-refractivity contribution in [2.24, 2.45) is 0 Å². The van der Waals surface area contributed by atoms with Crippen molar-refractivity contribution >= 4 is 29.5 Å². The van der Waals surface area contributed by atoms with E-state index in [1.165, 1.54) is 4.90 Å². The predicted molar refractivity (Wildman–Crippen MR) is 77.3 cm³/mol. The third-order valence-electron chi connectivity index (χ3n) is 3.69. The fourth-order valence-electron chi connectivity index (χ4n) is 2.57. The van der Waals surface area contributed by atoms with E-state index in [-0.39, 0.29) is 24.3 Å². The first kappa shape index (κ1) is 15.3. The quantitative estimate of drug-likeness (QED) is 0.699. The first-order chi connectivity index (χ1) is 9.61. The molecule has 2 rings (SSSR count). The molecule has 1 unspecified atom stereocenters. The van der Waals surface area contributed by atoms with Gasteiger partial charge in [-0.25, -0.2) is 0 Å². The van der Waals surface area contributed by atoms with Crippen molar-refractivity contribution in [2.45, 2.75) is 37.5 Å². The molecule has 20 heavy (non-hydrogen) atoms. The summed E-state index contributed by atoms with van der Waals surface area (Å²) in [6.45, 7) is 3.83. The van der Waals surface area contributed by atoms with Crippen LogP contribution >= 0.6 is 11.8 Å². The minimum atomic E-state index is -0.506. The molecule has 112 valence electrons. The van der Waals surface area contributed by atoms with Gasteiger partial charge in [-0.1, -0.05) is 6.92 Å². The molecule has 0 aromatic rings. The molecular formula is C13H21N3O3S. The number of carbonyl (C=O) groups is 3. The van der Waals surface area contributed by atoms with E-state index >= 15 is 0 Å². The molecular weight excluding hydrogens is 278 g/mol. The lowest BCUT2D eigenvalue weighted by molar-refractivity contribution is -0.148. The van der Waals surface area contributed by atoms with E-state index in [4.69, 9.17) is 0 Å². The molecule has 2 aliphatic heterocycles. The van der Waals surface area contributed by atoms with Gasteiger partial charge in [-0.15, -0.1) is 11.8 Å². The number of imide groups is 1. The van der Waals surface area contributed by atoms with E-state index in [2.05, 4.69) is 10.6 Å². The highest BCUT2D eigenvalue weighted by molar-refractivity contribution is 8.00. The lowest BCUT2D eigenvalue weighted by Crippen LogP contribution is -2.60. The van der Waals surface area contributed by atoms with Gasteiger partial charge in [0.25, 0.3) is 0 Å². The van der Waals surface area contributed by atoms with E-state index in [0.717, 1.165) is 25.9 Å². The highest BCUT2D eigenvalue weighted by Crippen LogP contribution is 2.21. The Labute approximate surface area is 123 Å². The Hall–Kier alpha value is -1.08. The molecule has 3 amide bonds. The first-order valence-corrected chi connectivity index (χ1v) is 8.12. The minimum absolute atomic E-state index is 0.00410. The normalized spacial score (nSPS) is 24.6. The second-order valence-corrected chi connectivity index (χ2v) is 6.41. The molecule has 0 bridgehead atoms. The summed E-state index contributed by atoms with van der Waals surface area (Å²) in [5, 5.41) is 6.07. The van der Waals surface area contributed by atoms with Gasteiger partial charge >= 0.3 is 0 Å². The zero-order chi connectivity index (χ0) is 14.5. The van der Waals surface area contributed by atoms with Crippen LogP contribution in [-0.2, 0) is 14.4 Å². The van der Waals surface area contributed by atoms with Crippen molar-refractivity contribution in [3.8, 4) is 0 Å². The third kappa shape index (κ3) is 3.73. The van der Waals surface area contributed by atoms with E-state index < -0.39 is 6.04 Å². The highest BCUT2D eigenvalue weighted by atomic mass is 32.2. The molecule has 2 fully saturated rings. The van der Waals surface area contributed by atoms with Gasteiger partial charge in [0, 0.05) is 5.25 Å². The molecule has 0 spiro atoms. The molecule has 2 aliphatic rings. The topological polar surface area (TPSA) is 78.5 Å². The van der Waals surface area contributed by atoms with Gasteiger partial charge in [-0.05, 0) is 32.4 Å². The van der Waals surface area contributed by atoms with Gasteiger partial charge in [-0.3, -0.25) is 19.7 Å². The van der Waals surface area contributed by atoms with Gasteiger partial charge in [0.1, 0.15) is 12.6 Å². The number of piperazine rings is 1. The average molecular weight is 299 g/mol. The monoisotopic (exact) mass is 299 g/mol. The van der Waals surface area contributed by atoms with Crippen LogP contribution in [0.1, 0.15) is 26.2 Å². The number of rotatable bonds is 4. The highest BCUT2D eigenvalue weighted by Gasteiger charge is 2.35. The lowest BCUT2D eigenvalue weighted by Gasteiger charge is -2.33. The zero-order valence-corrected chi connectivity index (χ0v) is 12.5. The van der Waals surface area contributed by atoms with Crippen LogP contribution in [0.4, 0.5) is 0 Å². The SMILES string of the molecule is CCC1C(=O)NC(=O)CN1C(=O)CSC1CCNCC1. The van der Waals surface area contributed by atoms with Crippen molar-refractivity contribution in [3.63, 3.8) is 0 Å². The number of piperidine rings is 1. The van der Waals surface area contributed by atoms with Gasteiger partial charge in [-0.2, -0.15) is 0 Å². The molecule has 6 nitrogen and oxygen atoms in total. The van der Waals surface area contributed by atoms with Crippen LogP contribution in [0.5, 0.6) is 0 Å². The summed E-state index contributed by atoms with van der Waals surface area (Å²) in [5.74, 6) is -0.505. The Kier molecular flexibility index (Phi) is 5.42. The fourth-order valence-corrected chi connectivity index (χ4v) is 3.68. The predicted octanol–water partition coefficient (Wildman–Crippen LogP) is -0.265. The maximum Gasteiger partial charge on any atom is 0.249 e. The molecule has 0 aliphatic carbocycles. The third-order valence-corrected chi connectivity index (χ3v) is 5.05. The van der Waals surface area contributed by atoms with Crippen LogP contribution in [0.3, 0.4) is 0 Å². The molecule has 0 aromatic carbocycles. The lowest BCUT2D eigenvalue weighted by atomic mass is 10.1. The number of nitrogens with zero attached hydrogens (tertiary/aromatic N) is 1. The smallest absolute Gasteiger partial charge is 0.249 e. The zero-order valence-electron chi connectivity index (χ0n) is 11.7. The number of amides is 3. The number of thioether (sulfide) groups is 1. The Morgan fingerprint density at radius 2 is 2.05 bits per heavy atom. The summed E-state index contributed by atoms with van der Waals surface area (Å²) >= 11 is 1.64. The molecule has 1 atom stereocenters. The first-order valence-electron chi connectivity index (χ1n) is 7.07. The standard InChI is InChI=1S/C13H21N3O3S/c1-2-10-13(19)15-11(17)7-16(10)12(18)8-20-9-3-5-14-6-4-9/h9-10,14H,2-8H2,1H3,(H,15,17,19). The molecule has 0 saturated carbocycles. The van der Waals surface area contributed by atoms with Gasteiger partial charge in [0.2, 0.25) is 17.7 Å². The van der Waals surface area contributed by atoms with Crippen molar-refractivity contribution in [3.05, 3.63) is 0 Å². The number of hydrogen-bond donors (Lipinski definition) is 2. The Morgan fingerprint density at radius 1 is 1.35 bits per heavy atom. The summed E-state index contributed by atoms with van der Waals surface area (Å²) in [6.07, 6.45) is 2.66. The average Bonchev–Trinajstić information content (AvgIpc) is 2.45. The number of carbonyl (C=O) groups excluding carboxylic acids is 3. The minimum Gasteiger partial charge on any atom is -0.321 e. The van der Waals surface area contributed by atoms with Crippen LogP contribution in [0, 0.1) is 0 Å². The number of nitrogens with one attached hydrogen (secondary N) is 2. The molecule has 0 aromatic heterocycles. The Balaban J connectivity index is 1.88. The summed E-state index contributed by atoms with van der Waals surface area (Å²) in [4.78, 5) is 36.8. The van der Waals surface area contributed by atoms with Crippen molar-refractivity contribution in [1.29, 1.82) is 0 Å². The summed E-state index contributed by atoms with van der Waals surface area (Å²) < 4.78 is 0. The van der Waals surface area contributed by atoms with Gasteiger partial charge in [0.05, 0.1) is 5.75 Å². The van der Waals surface area contributed by atoms with Crippen molar-refractivity contribution < 1.29 is 14.4 Å². The van der Waals surface area contributed by atoms with Gasteiger partial charge in [0.15, 0.2) is 0 Å². The molecule has 2 heterocycles. The van der Waals surface area contributed by atoms with Gasteiger partial charge < -0.3 is 10.2 Å². The summed E-state index contributed by atoms with van der Waals surface area (Å²) in [7, 11) is 0.